The van der Waals surface area contributed by atoms with Gasteiger partial charge in [-0.05, 0) is 38.9 Å². The van der Waals surface area contributed by atoms with Gasteiger partial charge in [0.25, 0.3) is 0 Å². The zero-order valence-corrected chi connectivity index (χ0v) is 11.1. The highest BCUT2D eigenvalue weighted by molar-refractivity contribution is 7.71. The highest BCUT2D eigenvalue weighted by atomic mass is 32.1. The first kappa shape index (κ1) is 12.3. The van der Waals surface area contributed by atoms with Crippen LogP contribution < -0.4 is 0 Å². The van der Waals surface area contributed by atoms with Crippen molar-refractivity contribution in [2.75, 3.05) is 13.1 Å². The van der Waals surface area contributed by atoms with Crippen molar-refractivity contribution in [2.24, 2.45) is 0 Å². The van der Waals surface area contributed by atoms with Crippen LogP contribution in [-0.4, -0.2) is 38.7 Å². The maximum absolute atomic E-state index is 12.0. The fourth-order valence-corrected chi connectivity index (χ4v) is 2.15. The second kappa shape index (κ2) is 5.00. The SMILES string of the molecule is CCN(CC)C(=O)Cn1c(C2CC2)n[nH]c1=S. The molecule has 1 aliphatic carbocycles. The van der Waals surface area contributed by atoms with Crippen LogP contribution in [0.5, 0.6) is 0 Å². The number of carbonyl (C=O) groups is 1. The summed E-state index contributed by atoms with van der Waals surface area (Å²) in [5.41, 5.74) is 0. The molecule has 1 aromatic rings. The van der Waals surface area contributed by atoms with E-state index in [1.54, 1.807) is 0 Å². The zero-order chi connectivity index (χ0) is 12.4. The Bertz CT molecular complexity index is 456. The quantitative estimate of drug-likeness (QED) is 0.813. The van der Waals surface area contributed by atoms with Crippen molar-refractivity contribution in [3.8, 4) is 0 Å². The predicted molar refractivity (Wildman–Crippen MR) is 67.3 cm³/mol. The van der Waals surface area contributed by atoms with Crippen LogP contribution in [0.4, 0.5) is 0 Å². The second-order valence-electron chi connectivity index (χ2n) is 4.31. The van der Waals surface area contributed by atoms with Crippen molar-refractivity contribution < 1.29 is 4.79 Å². The Morgan fingerprint density at radius 3 is 2.71 bits per heavy atom. The lowest BCUT2D eigenvalue weighted by Crippen LogP contribution is -2.33. The molecular weight excluding hydrogens is 236 g/mol. The molecule has 0 atom stereocenters. The first-order valence-corrected chi connectivity index (χ1v) is 6.51. The average molecular weight is 254 g/mol. The van der Waals surface area contributed by atoms with E-state index >= 15 is 0 Å². The van der Waals surface area contributed by atoms with Crippen molar-refractivity contribution in [3.05, 3.63) is 10.6 Å². The second-order valence-corrected chi connectivity index (χ2v) is 4.70. The number of H-pyrrole nitrogens is 1. The molecule has 0 unspecified atom stereocenters. The number of hydrogen-bond acceptors (Lipinski definition) is 3. The molecule has 1 aliphatic rings. The molecule has 0 saturated heterocycles. The van der Waals surface area contributed by atoms with Gasteiger partial charge in [-0.1, -0.05) is 0 Å². The van der Waals surface area contributed by atoms with Crippen molar-refractivity contribution in [1.82, 2.24) is 19.7 Å². The lowest BCUT2D eigenvalue weighted by molar-refractivity contribution is -0.131. The molecular formula is C11H18N4OS. The fourth-order valence-electron chi connectivity index (χ4n) is 1.95. The third kappa shape index (κ3) is 2.57. The Kier molecular flexibility index (Phi) is 3.61. The van der Waals surface area contributed by atoms with Crippen LogP contribution in [-0.2, 0) is 11.3 Å². The molecule has 1 fully saturated rings. The smallest absolute Gasteiger partial charge is 0.242 e. The van der Waals surface area contributed by atoms with E-state index in [-0.39, 0.29) is 5.91 Å². The summed E-state index contributed by atoms with van der Waals surface area (Å²) >= 11 is 5.17. The number of amides is 1. The van der Waals surface area contributed by atoms with Gasteiger partial charge >= 0.3 is 0 Å². The van der Waals surface area contributed by atoms with Crippen LogP contribution in [0.15, 0.2) is 0 Å². The minimum atomic E-state index is 0.106. The molecule has 0 aliphatic heterocycles. The summed E-state index contributed by atoms with van der Waals surface area (Å²) in [7, 11) is 0. The number of aromatic nitrogens is 3. The molecule has 0 spiro atoms. The molecule has 0 radical (unpaired) electrons. The van der Waals surface area contributed by atoms with Gasteiger partial charge in [0.15, 0.2) is 4.77 Å². The van der Waals surface area contributed by atoms with Gasteiger partial charge in [-0.15, -0.1) is 0 Å². The predicted octanol–water partition coefficient (Wildman–Crippen LogP) is 1.69. The van der Waals surface area contributed by atoms with Gasteiger partial charge in [-0.3, -0.25) is 14.5 Å². The van der Waals surface area contributed by atoms with E-state index in [4.69, 9.17) is 12.2 Å². The molecule has 94 valence electrons. The van der Waals surface area contributed by atoms with E-state index in [9.17, 15) is 4.79 Å². The van der Waals surface area contributed by atoms with Crippen LogP contribution in [0.2, 0.25) is 0 Å². The topological polar surface area (TPSA) is 53.9 Å². The van der Waals surface area contributed by atoms with E-state index in [0.29, 0.717) is 17.2 Å². The Morgan fingerprint density at radius 1 is 1.53 bits per heavy atom. The largest absolute Gasteiger partial charge is 0.342 e. The van der Waals surface area contributed by atoms with E-state index in [1.165, 1.54) is 0 Å². The number of likely N-dealkylation sites (N-methyl/N-ethyl adjacent to an activating group) is 1. The third-order valence-electron chi connectivity index (χ3n) is 3.14. The van der Waals surface area contributed by atoms with Gasteiger partial charge < -0.3 is 4.90 Å². The van der Waals surface area contributed by atoms with Gasteiger partial charge in [0.1, 0.15) is 12.4 Å². The molecule has 1 aromatic heterocycles. The molecule has 5 nitrogen and oxygen atoms in total. The van der Waals surface area contributed by atoms with Gasteiger partial charge in [-0.25, -0.2) is 0 Å². The number of hydrogen-bond donors (Lipinski definition) is 1. The maximum atomic E-state index is 12.0. The normalized spacial score (nSPS) is 14.9. The summed E-state index contributed by atoms with van der Waals surface area (Å²) in [6, 6.07) is 0. The van der Waals surface area contributed by atoms with Crippen LogP contribution in [0.1, 0.15) is 38.4 Å². The Balaban J connectivity index is 2.15. The van der Waals surface area contributed by atoms with Gasteiger partial charge in [0.05, 0.1) is 0 Å². The van der Waals surface area contributed by atoms with Crippen molar-refractivity contribution in [2.45, 2.75) is 39.2 Å². The summed E-state index contributed by atoms with van der Waals surface area (Å²) < 4.78 is 2.39. The highest BCUT2D eigenvalue weighted by Gasteiger charge is 2.29. The Morgan fingerprint density at radius 2 is 2.18 bits per heavy atom. The summed E-state index contributed by atoms with van der Waals surface area (Å²) in [5, 5.41) is 7.00. The molecule has 2 rings (SSSR count). The molecule has 17 heavy (non-hydrogen) atoms. The first-order valence-electron chi connectivity index (χ1n) is 6.10. The molecule has 0 bridgehead atoms. The lowest BCUT2D eigenvalue weighted by atomic mass is 10.4. The molecule has 1 N–H and O–H groups in total. The summed E-state index contributed by atoms with van der Waals surface area (Å²) in [6.45, 7) is 5.75. The molecule has 1 heterocycles. The summed E-state index contributed by atoms with van der Waals surface area (Å²) in [6.07, 6.45) is 2.30. The van der Waals surface area contributed by atoms with Crippen LogP contribution >= 0.6 is 12.2 Å². The van der Waals surface area contributed by atoms with Crippen molar-refractivity contribution in [1.29, 1.82) is 0 Å². The Labute approximate surface area is 106 Å². The van der Waals surface area contributed by atoms with Gasteiger partial charge in [-0.2, -0.15) is 5.10 Å². The number of carbonyl (C=O) groups excluding carboxylic acids is 1. The summed E-state index contributed by atoms with van der Waals surface area (Å²) in [5.74, 6) is 1.54. The number of nitrogens with zero attached hydrogens (tertiary/aromatic N) is 3. The maximum Gasteiger partial charge on any atom is 0.242 e. The lowest BCUT2D eigenvalue weighted by Gasteiger charge is -2.19. The number of rotatable bonds is 5. The van der Waals surface area contributed by atoms with E-state index in [0.717, 1.165) is 31.8 Å². The minimum Gasteiger partial charge on any atom is -0.342 e. The molecule has 1 saturated carbocycles. The molecule has 0 aromatic carbocycles. The van der Waals surface area contributed by atoms with Gasteiger partial charge in [0, 0.05) is 19.0 Å². The van der Waals surface area contributed by atoms with Gasteiger partial charge in [0.2, 0.25) is 5.91 Å². The van der Waals surface area contributed by atoms with Crippen molar-refractivity contribution >= 4 is 18.1 Å². The van der Waals surface area contributed by atoms with Crippen molar-refractivity contribution in [3.63, 3.8) is 0 Å². The first-order chi connectivity index (χ1) is 8.17. The monoisotopic (exact) mass is 254 g/mol. The molecule has 1 amide bonds. The average Bonchev–Trinajstić information content (AvgIpc) is 3.08. The van der Waals surface area contributed by atoms with Crippen LogP contribution in [0.25, 0.3) is 0 Å². The van der Waals surface area contributed by atoms with Crippen LogP contribution in [0, 0.1) is 4.77 Å². The van der Waals surface area contributed by atoms with E-state index in [2.05, 4.69) is 10.2 Å². The third-order valence-corrected chi connectivity index (χ3v) is 3.45. The standard InChI is InChI=1S/C11H18N4OS/c1-3-14(4-2)9(16)7-15-10(8-5-6-8)12-13-11(15)17/h8H,3-7H2,1-2H3,(H,13,17). The zero-order valence-electron chi connectivity index (χ0n) is 10.3. The minimum absolute atomic E-state index is 0.106. The van der Waals surface area contributed by atoms with Crippen LogP contribution in [0.3, 0.4) is 0 Å². The number of aromatic amines is 1. The number of nitrogens with one attached hydrogen (secondary N) is 1. The van der Waals surface area contributed by atoms with E-state index < -0.39 is 0 Å². The highest BCUT2D eigenvalue weighted by Crippen LogP contribution is 2.38. The summed E-state index contributed by atoms with van der Waals surface area (Å²) in [4.78, 5) is 13.8. The fraction of sp³-hybridized carbons (Fsp3) is 0.727. The molecule has 6 heteroatoms. The Hall–Kier alpha value is -1.17. The van der Waals surface area contributed by atoms with E-state index in [1.807, 2.05) is 23.3 Å².